The summed E-state index contributed by atoms with van der Waals surface area (Å²) in [6, 6.07) is 8.60. The molecule has 5 aliphatic rings. The first-order valence-electron chi connectivity index (χ1n) is 17.0. The van der Waals surface area contributed by atoms with Gasteiger partial charge in [0, 0.05) is 50.8 Å². The summed E-state index contributed by atoms with van der Waals surface area (Å²) in [4.78, 5) is 31.2. The van der Waals surface area contributed by atoms with E-state index in [4.69, 9.17) is 9.72 Å². The molecular formula is C36H39F3N6O2. The zero-order valence-electron chi connectivity index (χ0n) is 26.4. The number of fused-ring (bicyclic) bond motifs is 8. The molecule has 47 heavy (non-hydrogen) atoms. The van der Waals surface area contributed by atoms with Gasteiger partial charge in [-0.3, -0.25) is 14.7 Å². The second-order valence-corrected chi connectivity index (χ2v) is 13.8. The number of aromatic nitrogens is 3. The Bertz CT molecular complexity index is 1860. The molecule has 0 saturated carbocycles. The Hall–Kier alpha value is -3.99. The SMILES string of the molecule is O=C1CCCc2c(F)ccc3cccc(c23)-c2ncc3c(nc(OC[C@@]45CCCN4CC(F)C5)nc3c2F)N2CCCC(CCN1)C2. The number of piperidine rings is 1. The summed E-state index contributed by atoms with van der Waals surface area (Å²) < 4.78 is 53.2. The Morgan fingerprint density at radius 2 is 1.94 bits per heavy atom. The number of pyridine rings is 1. The highest BCUT2D eigenvalue weighted by atomic mass is 19.1. The maximum atomic E-state index is 16.9. The van der Waals surface area contributed by atoms with E-state index < -0.39 is 23.3 Å². The Balaban J connectivity index is 1.27. The number of carbonyl (C=O) groups excluding carboxylic acids is 1. The predicted octanol–water partition coefficient (Wildman–Crippen LogP) is 6.14. The van der Waals surface area contributed by atoms with E-state index in [0.717, 1.165) is 50.6 Å². The van der Waals surface area contributed by atoms with Gasteiger partial charge in [0.1, 0.15) is 35.6 Å². The van der Waals surface area contributed by atoms with E-state index in [0.29, 0.717) is 72.5 Å². The molecule has 2 unspecified atom stereocenters. The highest BCUT2D eigenvalue weighted by Crippen LogP contribution is 2.41. The summed E-state index contributed by atoms with van der Waals surface area (Å²) in [5.41, 5.74) is 0.649. The van der Waals surface area contributed by atoms with E-state index in [1.165, 1.54) is 6.07 Å². The molecule has 3 fully saturated rings. The van der Waals surface area contributed by atoms with Crippen molar-refractivity contribution >= 4 is 33.4 Å². The van der Waals surface area contributed by atoms with Crippen LogP contribution in [0.3, 0.4) is 0 Å². The number of hydrogen-bond acceptors (Lipinski definition) is 7. The smallest absolute Gasteiger partial charge is 0.319 e. The number of halogens is 3. The van der Waals surface area contributed by atoms with Crippen molar-refractivity contribution in [3.05, 3.63) is 53.7 Å². The fourth-order valence-electron chi connectivity index (χ4n) is 8.46. The fourth-order valence-corrected chi connectivity index (χ4v) is 8.46. The first-order valence-corrected chi connectivity index (χ1v) is 17.0. The van der Waals surface area contributed by atoms with Gasteiger partial charge in [-0.2, -0.15) is 9.97 Å². The molecule has 0 radical (unpaired) electrons. The van der Waals surface area contributed by atoms with Crippen LogP contribution in [-0.2, 0) is 11.2 Å². The molecule has 0 aliphatic carbocycles. The number of alkyl halides is 1. The summed E-state index contributed by atoms with van der Waals surface area (Å²) in [6.45, 7) is 3.44. The monoisotopic (exact) mass is 644 g/mol. The first kappa shape index (κ1) is 30.4. The lowest BCUT2D eigenvalue weighted by molar-refractivity contribution is -0.121. The normalized spacial score (nSPS) is 25.3. The predicted molar refractivity (Wildman–Crippen MR) is 174 cm³/mol. The van der Waals surface area contributed by atoms with Gasteiger partial charge >= 0.3 is 6.01 Å². The number of rotatable bonds is 3. The number of nitrogens with zero attached hydrogens (tertiary/aromatic N) is 5. The molecule has 1 amide bonds. The number of anilines is 1. The van der Waals surface area contributed by atoms with Crippen LogP contribution < -0.4 is 15.0 Å². The Morgan fingerprint density at radius 3 is 2.85 bits per heavy atom. The minimum absolute atomic E-state index is 0.0526. The highest BCUT2D eigenvalue weighted by molar-refractivity contribution is 6.01. The number of hydrogen-bond donors (Lipinski definition) is 1. The third kappa shape index (κ3) is 5.56. The molecule has 6 bridgehead atoms. The van der Waals surface area contributed by atoms with Crippen LogP contribution in [-0.4, -0.2) is 76.8 Å². The quantitative estimate of drug-likeness (QED) is 0.287. The lowest BCUT2D eigenvalue weighted by Gasteiger charge is -2.34. The van der Waals surface area contributed by atoms with Gasteiger partial charge in [-0.15, -0.1) is 0 Å². The second kappa shape index (κ2) is 12.2. The van der Waals surface area contributed by atoms with Gasteiger partial charge in [0.25, 0.3) is 0 Å². The standard InChI is InChI=1S/C36H39F3N6O2/c37-24-17-36(13-4-16-45(36)20-24)21-47-35-42-33-27-18-41-32(31(33)39)26-8-1-6-23-10-11-28(38)25(30(23)26)7-2-9-29(46)40-14-12-22-5-3-15-44(19-22)34(27)43-35/h1,6,8,10-11,18,22,24H,2-5,7,9,12-17,19-21H2,(H,40,46)/t22?,24?,36-/m0/s1. The van der Waals surface area contributed by atoms with Crippen LogP contribution >= 0.6 is 0 Å². The summed E-state index contributed by atoms with van der Waals surface area (Å²) >= 11 is 0. The minimum atomic E-state index is -0.899. The molecule has 2 aromatic heterocycles. The minimum Gasteiger partial charge on any atom is -0.461 e. The van der Waals surface area contributed by atoms with Crippen molar-refractivity contribution in [2.75, 3.05) is 44.2 Å². The third-order valence-electron chi connectivity index (χ3n) is 10.7. The molecule has 0 spiro atoms. The van der Waals surface area contributed by atoms with Gasteiger partial charge in [0.2, 0.25) is 5.91 Å². The van der Waals surface area contributed by atoms with Crippen LogP contribution in [0.4, 0.5) is 19.0 Å². The lowest BCUT2D eigenvalue weighted by Crippen LogP contribution is -2.43. The molecule has 3 atom stereocenters. The fraction of sp³-hybridized carbons (Fsp3) is 0.500. The van der Waals surface area contributed by atoms with Gasteiger partial charge in [-0.1, -0.05) is 24.3 Å². The topological polar surface area (TPSA) is 83.5 Å². The molecule has 11 heteroatoms. The van der Waals surface area contributed by atoms with Crippen LogP contribution in [0.5, 0.6) is 6.01 Å². The van der Waals surface area contributed by atoms with Crippen molar-refractivity contribution in [3.63, 3.8) is 0 Å². The molecule has 4 aromatic rings. The highest BCUT2D eigenvalue weighted by Gasteiger charge is 2.49. The zero-order chi connectivity index (χ0) is 32.1. The number of aryl methyl sites for hydroxylation is 1. The number of carbonyl (C=O) groups is 1. The molecule has 2 aromatic carbocycles. The van der Waals surface area contributed by atoms with Crippen LogP contribution in [0.15, 0.2) is 36.5 Å². The van der Waals surface area contributed by atoms with Gasteiger partial charge in [-0.25, -0.2) is 13.2 Å². The lowest BCUT2D eigenvalue weighted by atomic mass is 9.93. The van der Waals surface area contributed by atoms with E-state index in [9.17, 15) is 9.18 Å². The van der Waals surface area contributed by atoms with Gasteiger partial charge in [0.05, 0.1) is 10.9 Å². The maximum Gasteiger partial charge on any atom is 0.319 e. The number of amides is 1. The number of ether oxygens (including phenoxy) is 1. The number of benzene rings is 2. The number of nitrogens with one attached hydrogen (secondary N) is 1. The summed E-state index contributed by atoms with van der Waals surface area (Å²) in [5, 5.41) is 4.87. The average molecular weight is 645 g/mol. The van der Waals surface area contributed by atoms with Crippen molar-refractivity contribution in [1.29, 1.82) is 0 Å². The van der Waals surface area contributed by atoms with Crippen molar-refractivity contribution in [1.82, 2.24) is 25.2 Å². The summed E-state index contributed by atoms with van der Waals surface area (Å²) in [7, 11) is 0. The maximum absolute atomic E-state index is 16.9. The average Bonchev–Trinajstić information content (AvgIpc) is 3.60. The Morgan fingerprint density at radius 1 is 1.02 bits per heavy atom. The van der Waals surface area contributed by atoms with E-state index in [2.05, 4.69) is 25.1 Å². The molecule has 3 saturated heterocycles. The van der Waals surface area contributed by atoms with Gasteiger partial charge in [-0.05, 0) is 79.8 Å². The van der Waals surface area contributed by atoms with Crippen LogP contribution in [0, 0.1) is 17.6 Å². The van der Waals surface area contributed by atoms with Gasteiger partial charge < -0.3 is 15.0 Å². The van der Waals surface area contributed by atoms with Crippen molar-refractivity contribution in [3.8, 4) is 17.3 Å². The molecule has 5 aliphatic heterocycles. The van der Waals surface area contributed by atoms with Gasteiger partial charge in [0.15, 0.2) is 5.82 Å². The molecule has 246 valence electrons. The summed E-state index contributed by atoms with van der Waals surface area (Å²) in [6.07, 6.45) is 6.74. The second-order valence-electron chi connectivity index (χ2n) is 13.8. The first-order chi connectivity index (χ1) is 22.9. The van der Waals surface area contributed by atoms with Crippen LogP contribution in [0.25, 0.3) is 32.9 Å². The Labute approximate surface area is 271 Å². The largest absolute Gasteiger partial charge is 0.461 e. The van der Waals surface area contributed by atoms with E-state index >= 15 is 8.78 Å². The molecular weight excluding hydrogens is 605 g/mol. The Kier molecular flexibility index (Phi) is 7.90. The molecule has 7 heterocycles. The van der Waals surface area contributed by atoms with Crippen LogP contribution in [0.1, 0.15) is 56.9 Å². The zero-order valence-corrected chi connectivity index (χ0v) is 26.4. The molecule has 1 N–H and O–H groups in total. The van der Waals surface area contributed by atoms with E-state index in [-0.39, 0.29) is 36.2 Å². The van der Waals surface area contributed by atoms with Crippen molar-refractivity contribution in [2.45, 2.75) is 69.5 Å². The van der Waals surface area contributed by atoms with E-state index in [1.807, 2.05) is 12.1 Å². The van der Waals surface area contributed by atoms with Crippen molar-refractivity contribution in [2.24, 2.45) is 5.92 Å². The summed E-state index contributed by atoms with van der Waals surface area (Å²) in [5.74, 6) is -0.220. The molecule has 9 rings (SSSR count). The molecule has 8 nitrogen and oxygen atoms in total. The van der Waals surface area contributed by atoms with Crippen molar-refractivity contribution < 1.29 is 22.7 Å². The van der Waals surface area contributed by atoms with E-state index in [1.54, 1.807) is 18.3 Å². The third-order valence-corrected chi connectivity index (χ3v) is 10.7. The van der Waals surface area contributed by atoms with Crippen LogP contribution in [0.2, 0.25) is 0 Å².